The van der Waals surface area contributed by atoms with Crippen LogP contribution in [0.2, 0.25) is 0 Å². The van der Waals surface area contributed by atoms with E-state index in [0.29, 0.717) is 12.4 Å². The third kappa shape index (κ3) is 1.47. The standard InChI is InChI=1S/C6H8O3/c1-3-7-6-8-4-5(2)9-6/h3,6H,1-2,4H2. The Hall–Kier alpha value is -0.960. The minimum absolute atomic E-state index is 0.401. The van der Waals surface area contributed by atoms with Crippen molar-refractivity contribution in [2.24, 2.45) is 0 Å². The Morgan fingerprint density at radius 2 is 2.56 bits per heavy atom. The van der Waals surface area contributed by atoms with Crippen molar-refractivity contribution in [3.05, 3.63) is 25.2 Å². The smallest absolute Gasteiger partial charge is 0.360 e. The summed E-state index contributed by atoms with van der Waals surface area (Å²) >= 11 is 0. The molecular weight excluding hydrogens is 120 g/mol. The highest BCUT2D eigenvalue weighted by atomic mass is 16.9. The Morgan fingerprint density at radius 1 is 1.78 bits per heavy atom. The minimum Gasteiger partial charge on any atom is -0.441 e. The summed E-state index contributed by atoms with van der Waals surface area (Å²) < 4.78 is 14.5. The Kier molecular flexibility index (Phi) is 1.75. The molecule has 1 fully saturated rings. The van der Waals surface area contributed by atoms with Gasteiger partial charge in [0.25, 0.3) is 0 Å². The molecule has 0 radical (unpaired) electrons. The van der Waals surface area contributed by atoms with Crippen molar-refractivity contribution >= 4 is 0 Å². The van der Waals surface area contributed by atoms with Gasteiger partial charge in [-0.1, -0.05) is 13.2 Å². The molecule has 1 saturated heterocycles. The molecule has 9 heavy (non-hydrogen) atoms. The van der Waals surface area contributed by atoms with Crippen LogP contribution in [0.15, 0.2) is 25.2 Å². The van der Waals surface area contributed by atoms with Crippen molar-refractivity contribution in [2.45, 2.75) is 6.48 Å². The molecular formula is C6H8O3. The molecule has 0 N–H and O–H groups in total. The summed E-state index contributed by atoms with van der Waals surface area (Å²) in [6.45, 7) is 6.63. The van der Waals surface area contributed by atoms with Gasteiger partial charge in [0.15, 0.2) is 0 Å². The zero-order valence-electron chi connectivity index (χ0n) is 5.00. The predicted molar refractivity (Wildman–Crippen MR) is 31.2 cm³/mol. The number of rotatable bonds is 2. The summed E-state index contributed by atoms with van der Waals surface area (Å²) in [5.41, 5.74) is 0. The molecule has 0 aromatic carbocycles. The van der Waals surface area contributed by atoms with Gasteiger partial charge >= 0.3 is 6.48 Å². The second-order valence-corrected chi connectivity index (χ2v) is 1.56. The van der Waals surface area contributed by atoms with Crippen LogP contribution >= 0.6 is 0 Å². The van der Waals surface area contributed by atoms with E-state index in [-0.39, 0.29) is 0 Å². The van der Waals surface area contributed by atoms with E-state index >= 15 is 0 Å². The molecule has 0 aromatic rings. The molecule has 0 aromatic heterocycles. The van der Waals surface area contributed by atoms with Crippen LogP contribution in [-0.4, -0.2) is 13.1 Å². The van der Waals surface area contributed by atoms with Gasteiger partial charge in [-0.05, 0) is 0 Å². The maximum Gasteiger partial charge on any atom is 0.360 e. The lowest BCUT2D eigenvalue weighted by Gasteiger charge is -2.05. The van der Waals surface area contributed by atoms with E-state index in [1.165, 1.54) is 6.26 Å². The number of ether oxygens (including phenoxy) is 3. The highest BCUT2D eigenvalue weighted by molar-refractivity contribution is 4.85. The summed E-state index contributed by atoms with van der Waals surface area (Å²) in [6, 6.07) is 0. The van der Waals surface area contributed by atoms with Gasteiger partial charge in [-0.3, -0.25) is 0 Å². The van der Waals surface area contributed by atoms with E-state index in [2.05, 4.69) is 13.2 Å². The molecule has 0 bridgehead atoms. The fourth-order valence-corrected chi connectivity index (χ4v) is 0.511. The van der Waals surface area contributed by atoms with Crippen molar-refractivity contribution in [1.29, 1.82) is 0 Å². The van der Waals surface area contributed by atoms with Gasteiger partial charge in [0, 0.05) is 0 Å². The summed E-state index contributed by atoms with van der Waals surface area (Å²) in [5, 5.41) is 0. The topological polar surface area (TPSA) is 27.7 Å². The van der Waals surface area contributed by atoms with Crippen LogP contribution in [0.4, 0.5) is 0 Å². The highest BCUT2D eigenvalue weighted by Gasteiger charge is 2.18. The molecule has 3 heteroatoms. The minimum atomic E-state index is -0.630. The van der Waals surface area contributed by atoms with Gasteiger partial charge in [-0.25, -0.2) is 0 Å². The SMILES string of the molecule is C=COC1OCC(=C)O1. The fraction of sp³-hybridized carbons (Fsp3) is 0.333. The first-order chi connectivity index (χ1) is 4.33. The lowest BCUT2D eigenvalue weighted by Crippen LogP contribution is -2.07. The van der Waals surface area contributed by atoms with Crippen LogP contribution in [0.25, 0.3) is 0 Å². The van der Waals surface area contributed by atoms with Gasteiger partial charge in [-0.2, -0.15) is 0 Å². The maximum absolute atomic E-state index is 4.89. The first-order valence-electron chi connectivity index (χ1n) is 2.55. The normalized spacial score (nSPS) is 25.3. The van der Waals surface area contributed by atoms with Gasteiger partial charge in [-0.15, -0.1) is 0 Å². The van der Waals surface area contributed by atoms with Crippen LogP contribution in [0.1, 0.15) is 0 Å². The monoisotopic (exact) mass is 128 g/mol. The summed E-state index contributed by atoms with van der Waals surface area (Å²) in [7, 11) is 0. The van der Waals surface area contributed by atoms with Crippen molar-refractivity contribution in [2.75, 3.05) is 6.61 Å². The number of hydrogen-bond acceptors (Lipinski definition) is 3. The van der Waals surface area contributed by atoms with E-state index in [1.54, 1.807) is 0 Å². The Balaban J connectivity index is 2.29. The van der Waals surface area contributed by atoms with Crippen LogP contribution in [0.5, 0.6) is 0 Å². The second-order valence-electron chi connectivity index (χ2n) is 1.56. The zero-order chi connectivity index (χ0) is 6.69. The van der Waals surface area contributed by atoms with Crippen molar-refractivity contribution in [3.8, 4) is 0 Å². The van der Waals surface area contributed by atoms with E-state index in [1.807, 2.05) is 0 Å². The van der Waals surface area contributed by atoms with Crippen molar-refractivity contribution in [3.63, 3.8) is 0 Å². The molecule has 0 amide bonds. The van der Waals surface area contributed by atoms with Crippen LogP contribution in [0, 0.1) is 0 Å². The van der Waals surface area contributed by atoms with Gasteiger partial charge in [0.05, 0.1) is 6.26 Å². The molecule has 0 aliphatic carbocycles. The van der Waals surface area contributed by atoms with E-state index in [9.17, 15) is 0 Å². The fourth-order valence-electron chi connectivity index (χ4n) is 0.511. The first-order valence-corrected chi connectivity index (χ1v) is 2.55. The van der Waals surface area contributed by atoms with E-state index in [4.69, 9.17) is 14.2 Å². The molecule has 1 rings (SSSR count). The third-order valence-corrected chi connectivity index (χ3v) is 0.851. The van der Waals surface area contributed by atoms with Crippen LogP contribution < -0.4 is 0 Å². The highest BCUT2D eigenvalue weighted by Crippen LogP contribution is 2.13. The Bertz CT molecular complexity index is 130. The van der Waals surface area contributed by atoms with Gasteiger partial charge in [0.1, 0.15) is 12.4 Å². The van der Waals surface area contributed by atoms with Gasteiger partial charge in [0.2, 0.25) is 0 Å². The summed E-state index contributed by atoms with van der Waals surface area (Å²) in [6.07, 6.45) is 1.27. The van der Waals surface area contributed by atoms with E-state index < -0.39 is 6.48 Å². The molecule has 50 valence electrons. The number of hydrogen-bond donors (Lipinski definition) is 0. The largest absolute Gasteiger partial charge is 0.441 e. The average molecular weight is 128 g/mol. The molecule has 0 saturated carbocycles. The first kappa shape index (κ1) is 6.16. The lowest BCUT2D eigenvalue weighted by atomic mass is 10.6. The molecule has 1 aliphatic rings. The quantitative estimate of drug-likeness (QED) is 0.519. The van der Waals surface area contributed by atoms with Crippen molar-refractivity contribution < 1.29 is 14.2 Å². The van der Waals surface area contributed by atoms with Gasteiger partial charge < -0.3 is 14.2 Å². The molecule has 0 spiro atoms. The lowest BCUT2D eigenvalue weighted by molar-refractivity contribution is -0.192. The zero-order valence-corrected chi connectivity index (χ0v) is 5.00. The Labute approximate surface area is 53.5 Å². The summed E-state index contributed by atoms with van der Waals surface area (Å²) in [5.74, 6) is 0.585. The van der Waals surface area contributed by atoms with Crippen LogP contribution in [0.3, 0.4) is 0 Å². The molecule has 1 unspecified atom stereocenters. The van der Waals surface area contributed by atoms with Crippen molar-refractivity contribution in [1.82, 2.24) is 0 Å². The average Bonchev–Trinajstić information content (AvgIpc) is 2.17. The molecule has 1 heterocycles. The summed E-state index contributed by atoms with van der Waals surface area (Å²) in [4.78, 5) is 0. The van der Waals surface area contributed by atoms with E-state index in [0.717, 1.165) is 0 Å². The Morgan fingerprint density at radius 3 is 3.00 bits per heavy atom. The molecule has 1 atom stereocenters. The molecule has 3 nitrogen and oxygen atoms in total. The second kappa shape index (κ2) is 2.55. The molecule has 1 aliphatic heterocycles. The van der Waals surface area contributed by atoms with Crippen LogP contribution in [-0.2, 0) is 14.2 Å². The maximum atomic E-state index is 4.89. The predicted octanol–water partition coefficient (Wildman–Crippen LogP) is 0.991. The third-order valence-electron chi connectivity index (χ3n) is 0.851.